The van der Waals surface area contributed by atoms with Gasteiger partial charge >= 0.3 is 0 Å². The highest BCUT2D eigenvalue weighted by Gasteiger charge is 2.27. The Morgan fingerprint density at radius 2 is 1.80 bits per heavy atom. The number of para-hydroxylation sites is 1. The molecule has 6 nitrogen and oxygen atoms in total. The van der Waals surface area contributed by atoms with Crippen molar-refractivity contribution in [3.63, 3.8) is 0 Å². The van der Waals surface area contributed by atoms with Gasteiger partial charge in [-0.2, -0.15) is 4.52 Å². The third-order valence-electron chi connectivity index (χ3n) is 4.22. The van der Waals surface area contributed by atoms with Crippen LogP contribution >= 0.6 is 11.6 Å². The molecule has 0 saturated heterocycles. The Bertz CT molecular complexity index is 1250. The molecule has 0 bridgehead atoms. The molecule has 0 atom stereocenters. The minimum Gasteiger partial charge on any atom is -0.217 e. The minimum absolute atomic E-state index is 0.113. The van der Waals surface area contributed by atoms with Crippen LogP contribution in [0.2, 0.25) is 5.15 Å². The number of hydrogen-bond donors (Lipinski definition) is 0. The largest absolute Gasteiger partial charge is 0.229 e. The quantitative estimate of drug-likeness (QED) is 0.504. The van der Waals surface area contributed by atoms with Crippen molar-refractivity contribution >= 4 is 38.0 Å². The number of halogens is 1. The molecule has 126 valence electrons. The van der Waals surface area contributed by atoms with Gasteiger partial charge in [0.05, 0.1) is 10.4 Å². The lowest BCUT2D eigenvalue weighted by Gasteiger charge is -2.06. The highest BCUT2D eigenvalue weighted by atomic mass is 35.5. The summed E-state index contributed by atoms with van der Waals surface area (Å²) in [4.78, 5) is 4.38. The van der Waals surface area contributed by atoms with Crippen LogP contribution in [0.5, 0.6) is 0 Å². The fourth-order valence-electron chi connectivity index (χ4n) is 2.67. The SMILES string of the molecule is Cc1ccc(S(=O)(=O)c2nnn3c2nc(Cl)c2ccccc23)cc1C. The number of sulfone groups is 1. The highest BCUT2D eigenvalue weighted by Crippen LogP contribution is 2.28. The van der Waals surface area contributed by atoms with Gasteiger partial charge in [-0.15, -0.1) is 5.10 Å². The first-order valence-corrected chi connectivity index (χ1v) is 9.38. The van der Waals surface area contributed by atoms with Crippen LogP contribution in [-0.4, -0.2) is 28.2 Å². The van der Waals surface area contributed by atoms with Crippen LogP contribution in [0.15, 0.2) is 52.4 Å². The summed E-state index contributed by atoms with van der Waals surface area (Å²) >= 11 is 6.23. The van der Waals surface area contributed by atoms with Crippen molar-refractivity contribution in [3.8, 4) is 0 Å². The van der Waals surface area contributed by atoms with E-state index in [1.807, 2.05) is 26.0 Å². The van der Waals surface area contributed by atoms with E-state index >= 15 is 0 Å². The predicted octanol–water partition coefficient (Wildman–Crippen LogP) is 3.38. The summed E-state index contributed by atoms with van der Waals surface area (Å²) in [6.45, 7) is 3.78. The standard InChI is InChI=1S/C17H13ClN4O2S/c1-10-7-8-12(9-11(10)2)25(23,24)17-16-19-15(18)13-5-3-4-6-14(13)22(16)21-20-17/h3-9H,1-2H3. The molecule has 4 rings (SSSR count). The van der Waals surface area contributed by atoms with Gasteiger partial charge in [0, 0.05) is 5.39 Å². The molecule has 0 aliphatic rings. The Balaban J connectivity index is 2.02. The topological polar surface area (TPSA) is 77.2 Å². The summed E-state index contributed by atoms with van der Waals surface area (Å²) < 4.78 is 27.4. The van der Waals surface area contributed by atoms with Crippen molar-refractivity contribution in [1.82, 2.24) is 19.8 Å². The number of nitrogens with zero attached hydrogens (tertiary/aromatic N) is 4. The maximum Gasteiger partial charge on any atom is 0.229 e. The molecule has 0 unspecified atom stereocenters. The molecule has 0 N–H and O–H groups in total. The van der Waals surface area contributed by atoms with Gasteiger partial charge in [0.1, 0.15) is 5.15 Å². The number of aromatic nitrogens is 4. The summed E-state index contributed by atoms with van der Waals surface area (Å²) in [5.41, 5.74) is 2.65. The van der Waals surface area contributed by atoms with E-state index in [0.29, 0.717) is 10.9 Å². The Hall–Kier alpha value is -2.51. The van der Waals surface area contributed by atoms with E-state index < -0.39 is 9.84 Å². The molecule has 0 fully saturated rings. The third-order valence-corrected chi connectivity index (χ3v) is 6.15. The first kappa shape index (κ1) is 16.0. The zero-order valence-electron chi connectivity index (χ0n) is 13.4. The smallest absolute Gasteiger partial charge is 0.217 e. The van der Waals surface area contributed by atoms with Gasteiger partial charge in [-0.1, -0.05) is 35.0 Å². The minimum atomic E-state index is -3.86. The summed E-state index contributed by atoms with van der Waals surface area (Å²) in [6, 6.07) is 12.2. The molecule has 2 heterocycles. The van der Waals surface area contributed by atoms with Gasteiger partial charge < -0.3 is 0 Å². The lowest BCUT2D eigenvalue weighted by molar-refractivity contribution is 0.592. The Morgan fingerprint density at radius 1 is 1.04 bits per heavy atom. The number of fused-ring (bicyclic) bond motifs is 3. The maximum atomic E-state index is 13.0. The molecular formula is C17H13ClN4O2S. The Morgan fingerprint density at radius 3 is 2.56 bits per heavy atom. The molecule has 0 spiro atoms. The molecule has 0 aliphatic carbocycles. The zero-order valence-corrected chi connectivity index (χ0v) is 15.0. The molecular weight excluding hydrogens is 360 g/mol. The van der Waals surface area contributed by atoms with Crippen LogP contribution in [0.1, 0.15) is 11.1 Å². The number of benzene rings is 2. The average molecular weight is 373 g/mol. The van der Waals surface area contributed by atoms with Crippen molar-refractivity contribution in [3.05, 3.63) is 58.7 Å². The van der Waals surface area contributed by atoms with Gasteiger partial charge in [0.15, 0.2) is 5.65 Å². The van der Waals surface area contributed by atoms with Crippen molar-refractivity contribution in [2.24, 2.45) is 0 Å². The Kier molecular flexibility index (Phi) is 3.52. The predicted molar refractivity (Wildman–Crippen MR) is 94.7 cm³/mol. The van der Waals surface area contributed by atoms with E-state index in [2.05, 4.69) is 15.3 Å². The number of rotatable bonds is 2. The van der Waals surface area contributed by atoms with Crippen LogP contribution in [0.4, 0.5) is 0 Å². The summed E-state index contributed by atoms with van der Waals surface area (Å²) in [5.74, 6) is 0. The fraction of sp³-hybridized carbons (Fsp3) is 0.118. The monoisotopic (exact) mass is 372 g/mol. The van der Waals surface area contributed by atoms with Crippen LogP contribution in [0, 0.1) is 13.8 Å². The van der Waals surface area contributed by atoms with E-state index in [0.717, 1.165) is 11.1 Å². The van der Waals surface area contributed by atoms with Gasteiger partial charge in [-0.05, 0) is 49.2 Å². The zero-order chi connectivity index (χ0) is 17.8. The summed E-state index contributed by atoms with van der Waals surface area (Å²) in [5, 5.41) is 8.56. The van der Waals surface area contributed by atoms with Gasteiger partial charge in [-0.25, -0.2) is 13.4 Å². The third kappa shape index (κ3) is 2.39. The van der Waals surface area contributed by atoms with Crippen LogP contribution in [0.25, 0.3) is 16.6 Å². The second-order valence-electron chi connectivity index (χ2n) is 5.80. The molecule has 2 aromatic heterocycles. The van der Waals surface area contributed by atoms with E-state index in [1.54, 1.807) is 30.3 Å². The number of aryl methyl sites for hydroxylation is 2. The molecule has 4 aromatic rings. The fourth-order valence-corrected chi connectivity index (χ4v) is 4.23. The van der Waals surface area contributed by atoms with Gasteiger partial charge in [0.2, 0.25) is 14.9 Å². The molecule has 0 radical (unpaired) electrons. The molecule has 8 heteroatoms. The lowest BCUT2D eigenvalue weighted by atomic mass is 10.1. The summed E-state index contributed by atoms with van der Waals surface area (Å²) in [7, 11) is -3.86. The first-order chi connectivity index (χ1) is 11.9. The number of hydrogen-bond acceptors (Lipinski definition) is 5. The molecule has 2 aromatic carbocycles. The van der Waals surface area contributed by atoms with Crippen molar-refractivity contribution in [1.29, 1.82) is 0 Å². The van der Waals surface area contributed by atoms with Crippen LogP contribution in [-0.2, 0) is 9.84 Å². The van der Waals surface area contributed by atoms with Crippen molar-refractivity contribution in [2.75, 3.05) is 0 Å². The normalized spacial score (nSPS) is 12.1. The first-order valence-electron chi connectivity index (χ1n) is 7.51. The van der Waals surface area contributed by atoms with Crippen molar-refractivity contribution < 1.29 is 8.42 Å². The molecule has 0 amide bonds. The molecule has 0 saturated carbocycles. The highest BCUT2D eigenvalue weighted by molar-refractivity contribution is 7.91. The van der Waals surface area contributed by atoms with Crippen molar-refractivity contribution in [2.45, 2.75) is 23.8 Å². The summed E-state index contributed by atoms with van der Waals surface area (Å²) in [6.07, 6.45) is 0. The van der Waals surface area contributed by atoms with Crippen LogP contribution in [0.3, 0.4) is 0 Å². The van der Waals surface area contributed by atoms with Gasteiger partial charge in [-0.3, -0.25) is 0 Å². The lowest BCUT2D eigenvalue weighted by Crippen LogP contribution is -2.05. The van der Waals surface area contributed by atoms with E-state index in [4.69, 9.17) is 11.6 Å². The van der Waals surface area contributed by atoms with E-state index in [9.17, 15) is 8.42 Å². The second-order valence-corrected chi connectivity index (χ2v) is 8.02. The molecule has 0 aliphatic heterocycles. The van der Waals surface area contributed by atoms with E-state index in [1.165, 1.54) is 4.52 Å². The maximum absolute atomic E-state index is 13.0. The second kappa shape index (κ2) is 5.50. The average Bonchev–Trinajstić information content (AvgIpc) is 3.02. The van der Waals surface area contributed by atoms with Crippen LogP contribution < -0.4 is 0 Å². The van der Waals surface area contributed by atoms with Gasteiger partial charge in [0.25, 0.3) is 0 Å². The Labute approximate surface area is 149 Å². The van der Waals surface area contributed by atoms with E-state index in [-0.39, 0.29) is 20.7 Å². The molecule has 25 heavy (non-hydrogen) atoms.